The Morgan fingerprint density at radius 2 is 2.00 bits per heavy atom. The number of carbonyl (C=O) groups is 1. The molecule has 0 aliphatic carbocycles. The van der Waals surface area contributed by atoms with Gasteiger partial charge in [-0.05, 0) is 49.5 Å². The van der Waals surface area contributed by atoms with Gasteiger partial charge >= 0.3 is 0 Å². The van der Waals surface area contributed by atoms with E-state index in [0.29, 0.717) is 10.7 Å². The van der Waals surface area contributed by atoms with E-state index in [0.717, 1.165) is 49.2 Å². The van der Waals surface area contributed by atoms with Crippen molar-refractivity contribution in [3.8, 4) is 0 Å². The maximum atomic E-state index is 12.1. The van der Waals surface area contributed by atoms with Gasteiger partial charge in [-0.1, -0.05) is 41.9 Å². The molecule has 1 unspecified atom stereocenters. The van der Waals surface area contributed by atoms with Gasteiger partial charge in [0.1, 0.15) is 5.76 Å². The number of primary amides is 1. The van der Waals surface area contributed by atoms with Crippen molar-refractivity contribution in [2.45, 2.75) is 25.3 Å². The molecule has 1 aliphatic rings. The predicted molar refractivity (Wildman–Crippen MR) is 105 cm³/mol. The van der Waals surface area contributed by atoms with Crippen LogP contribution in [-0.4, -0.2) is 28.9 Å². The van der Waals surface area contributed by atoms with E-state index in [1.165, 1.54) is 0 Å². The van der Waals surface area contributed by atoms with Crippen molar-refractivity contribution in [3.63, 3.8) is 0 Å². The Hall–Kier alpha value is -2.37. The zero-order valence-corrected chi connectivity index (χ0v) is 15.7. The second kappa shape index (κ2) is 7.71. The van der Waals surface area contributed by atoms with Crippen LogP contribution in [0, 0.1) is 5.92 Å². The fourth-order valence-corrected chi connectivity index (χ4v) is 4.20. The van der Waals surface area contributed by atoms with Crippen LogP contribution in [0.4, 0.5) is 0 Å². The van der Waals surface area contributed by atoms with Crippen LogP contribution in [0.5, 0.6) is 0 Å². The summed E-state index contributed by atoms with van der Waals surface area (Å²) in [4.78, 5) is 18.6. The van der Waals surface area contributed by atoms with Gasteiger partial charge in [0.05, 0.1) is 17.5 Å². The van der Waals surface area contributed by atoms with Crippen molar-refractivity contribution in [1.82, 2.24) is 9.88 Å². The lowest BCUT2D eigenvalue weighted by Gasteiger charge is -2.34. The SMILES string of the molecule is NC(=O)C(c1ccccc1)C1CCN(Cc2cc3cc(Cl)cnc3o2)CC1. The van der Waals surface area contributed by atoms with Crippen molar-refractivity contribution in [2.24, 2.45) is 11.7 Å². The Morgan fingerprint density at radius 1 is 1.26 bits per heavy atom. The van der Waals surface area contributed by atoms with Gasteiger partial charge in [0.15, 0.2) is 0 Å². The highest BCUT2D eigenvalue weighted by Crippen LogP contribution is 2.33. The van der Waals surface area contributed by atoms with Crippen molar-refractivity contribution in [3.05, 3.63) is 65.0 Å². The third-order valence-electron chi connectivity index (χ3n) is 5.34. The summed E-state index contributed by atoms with van der Waals surface area (Å²) in [5.41, 5.74) is 7.36. The minimum Gasteiger partial charge on any atom is -0.441 e. The first-order valence-electron chi connectivity index (χ1n) is 9.21. The summed E-state index contributed by atoms with van der Waals surface area (Å²) < 4.78 is 5.82. The summed E-state index contributed by atoms with van der Waals surface area (Å²) in [6, 6.07) is 13.7. The Bertz CT molecular complexity index is 933. The number of furan rings is 1. The highest BCUT2D eigenvalue weighted by atomic mass is 35.5. The summed E-state index contributed by atoms with van der Waals surface area (Å²) in [7, 11) is 0. The number of piperidine rings is 1. The van der Waals surface area contributed by atoms with Crippen LogP contribution in [0.3, 0.4) is 0 Å². The molecule has 4 rings (SSSR count). The molecule has 1 fully saturated rings. The van der Waals surface area contributed by atoms with E-state index in [2.05, 4.69) is 9.88 Å². The molecule has 3 heterocycles. The first-order valence-corrected chi connectivity index (χ1v) is 9.58. The molecule has 1 amide bonds. The number of nitrogens with zero attached hydrogens (tertiary/aromatic N) is 2. The first kappa shape index (κ1) is 18.0. The van der Waals surface area contributed by atoms with Crippen LogP contribution in [0.2, 0.25) is 5.02 Å². The normalized spacial score (nSPS) is 17.2. The number of nitrogens with two attached hydrogens (primary N) is 1. The quantitative estimate of drug-likeness (QED) is 0.723. The van der Waals surface area contributed by atoms with Gasteiger partial charge in [0, 0.05) is 11.6 Å². The van der Waals surface area contributed by atoms with Gasteiger partial charge in [-0.2, -0.15) is 0 Å². The number of fused-ring (bicyclic) bond motifs is 1. The number of halogens is 1. The van der Waals surface area contributed by atoms with Crippen LogP contribution in [0.15, 0.2) is 53.1 Å². The second-order valence-electron chi connectivity index (χ2n) is 7.16. The van der Waals surface area contributed by atoms with Crippen molar-refractivity contribution in [1.29, 1.82) is 0 Å². The van der Waals surface area contributed by atoms with Gasteiger partial charge < -0.3 is 10.2 Å². The summed E-state index contributed by atoms with van der Waals surface area (Å²) in [5, 5.41) is 1.53. The van der Waals surface area contributed by atoms with Gasteiger partial charge in [0.2, 0.25) is 11.6 Å². The van der Waals surface area contributed by atoms with Crippen molar-refractivity contribution in [2.75, 3.05) is 13.1 Å². The van der Waals surface area contributed by atoms with Gasteiger partial charge in [0.25, 0.3) is 0 Å². The number of aromatic nitrogens is 1. The second-order valence-corrected chi connectivity index (χ2v) is 7.60. The number of pyridine rings is 1. The highest BCUT2D eigenvalue weighted by molar-refractivity contribution is 6.31. The number of hydrogen-bond acceptors (Lipinski definition) is 4. The molecule has 1 aromatic carbocycles. The van der Waals surface area contributed by atoms with Crippen LogP contribution in [0.1, 0.15) is 30.1 Å². The Labute approximate surface area is 163 Å². The van der Waals surface area contributed by atoms with Crippen LogP contribution < -0.4 is 5.73 Å². The molecule has 2 aromatic heterocycles. The number of hydrogen-bond donors (Lipinski definition) is 1. The zero-order valence-electron chi connectivity index (χ0n) is 15.0. The number of carbonyl (C=O) groups excluding carboxylic acids is 1. The maximum absolute atomic E-state index is 12.1. The maximum Gasteiger partial charge on any atom is 0.226 e. The predicted octanol–water partition coefficient (Wildman–Crippen LogP) is 3.96. The summed E-state index contributed by atoms with van der Waals surface area (Å²) in [6.45, 7) is 2.55. The van der Waals surface area contributed by atoms with E-state index in [1.54, 1.807) is 6.20 Å². The Kier molecular flexibility index (Phi) is 5.14. The molecule has 0 radical (unpaired) electrons. The summed E-state index contributed by atoms with van der Waals surface area (Å²) >= 11 is 5.99. The first-order chi connectivity index (χ1) is 13.1. The molecule has 0 spiro atoms. The summed E-state index contributed by atoms with van der Waals surface area (Å²) in [5.74, 6) is 0.704. The molecular formula is C21H22ClN3O2. The highest BCUT2D eigenvalue weighted by Gasteiger charge is 2.31. The number of likely N-dealkylation sites (tertiary alicyclic amines) is 1. The molecule has 2 N–H and O–H groups in total. The number of rotatable bonds is 5. The fourth-order valence-electron chi connectivity index (χ4n) is 4.03. The smallest absolute Gasteiger partial charge is 0.226 e. The third kappa shape index (κ3) is 3.99. The number of amides is 1. The lowest BCUT2D eigenvalue weighted by atomic mass is 9.79. The van der Waals surface area contributed by atoms with E-state index >= 15 is 0 Å². The molecule has 1 saturated heterocycles. The molecule has 5 nitrogen and oxygen atoms in total. The topological polar surface area (TPSA) is 72.4 Å². The van der Waals surface area contributed by atoms with E-state index in [-0.39, 0.29) is 17.7 Å². The minimum absolute atomic E-state index is 0.217. The molecular weight excluding hydrogens is 362 g/mol. The zero-order chi connectivity index (χ0) is 18.8. The lowest BCUT2D eigenvalue weighted by Crippen LogP contribution is -2.38. The molecule has 27 heavy (non-hydrogen) atoms. The average Bonchev–Trinajstić information content (AvgIpc) is 3.05. The van der Waals surface area contributed by atoms with Crippen LogP contribution >= 0.6 is 11.6 Å². The van der Waals surface area contributed by atoms with Gasteiger partial charge in [-0.15, -0.1) is 0 Å². The molecule has 3 aromatic rings. The largest absolute Gasteiger partial charge is 0.441 e. The molecule has 6 heteroatoms. The fraction of sp³-hybridized carbons (Fsp3) is 0.333. The van der Waals surface area contributed by atoms with E-state index in [9.17, 15) is 4.79 Å². The molecule has 1 atom stereocenters. The Morgan fingerprint density at radius 3 is 2.70 bits per heavy atom. The van der Waals surface area contributed by atoms with E-state index < -0.39 is 0 Å². The van der Waals surface area contributed by atoms with E-state index in [4.69, 9.17) is 21.8 Å². The van der Waals surface area contributed by atoms with Crippen molar-refractivity contribution < 1.29 is 9.21 Å². The molecule has 0 bridgehead atoms. The monoisotopic (exact) mass is 383 g/mol. The van der Waals surface area contributed by atoms with Crippen LogP contribution in [-0.2, 0) is 11.3 Å². The third-order valence-corrected chi connectivity index (χ3v) is 5.54. The number of benzene rings is 1. The van der Waals surface area contributed by atoms with Gasteiger partial charge in [-0.25, -0.2) is 4.98 Å². The molecule has 0 saturated carbocycles. The summed E-state index contributed by atoms with van der Waals surface area (Å²) in [6.07, 6.45) is 3.47. The Balaban J connectivity index is 1.41. The van der Waals surface area contributed by atoms with E-state index in [1.807, 2.05) is 42.5 Å². The molecule has 1 aliphatic heterocycles. The lowest BCUT2D eigenvalue weighted by molar-refractivity contribution is -0.121. The average molecular weight is 384 g/mol. The minimum atomic E-state index is -0.236. The standard InChI is InChI=1S/C21H22ClN3O2/c22-17-10-16-11-18(27-21(16)24-12-17)13-25-8-6-15(7-9-25)19(20(23)26)14-4-2-1-3-5-14/h1-5,10-12,15,19H,6-9,13H2,(H2,23,26). The van der Waals surface area contributed by atoms with Crippen molar-refractivity contribution >= 4 is 28.6 Å². The van der Waals surface area contributed by atoms with Gasteiger partial charge in [-0.3, -0.25) is 9.69 Å². The molecule has 140 valence electrons. The van der Waals surface area contributed by atoms with Crippen LogP contribution in [0.25, 0.3) is 11.1 Å².